The maximum Gasteiger partial charge on any atom is 0.181 e. The minimum absolute atomic E-state index is 0.0656. The van der Waals surface area contributed by atoms with E-state index in [-0.39, 0.29) is 12.6 Å². The van der Waals surface area contributed by atoms with Gasteiger partial charge in [-0.05, 0) is 30.5 Å². The van der Waals surface area contributed by atoms with Crippen molar-refractivity contribution in [2.45, 2.75) is 25.8 Å². The van der Waals surface area contributed by atoms with Gasteiger partial charge in [-0.2, -0.15) is 5.26 Å². The third kappa shape index (κ3) is 3.80. The lowest BCUT2D eigenvalue weighted by molar-refractivity contribution is 0.329. The quantitative estimate of drug-likeness (QED) is 0.861. The molecular weight excluding hydrogens is 252 g/mol. The third-order valence-electron chi connectivity index (χ3n) is 2.59. The van der Waals surface area contributed by atoms with Gasteiger partial charge in [-0.15, -0.1) is 0 Å². The molecule has 1 rings (SSSR count). The van der Waals surface area contributed by atoms with Gasteiger partial charge in [-0.1, -0.05) is 18.5 Å². The summed E-state index contributed by atoms with van der Waals surface area (Å²) < 4.78 is 10.5. The molecule has 0 aliphatic rings. The van der Waals surface area contributed by atoms with Crippen LogP contribution in [0.25, 0.3) is 0 Å². The number of hydrogen-bond donors (Lipinski definition) is 1. The van der Waals surface area contributed by atoms with E-state index >= 15 is 0 Å². The standard InChI is InChI=1S/C13H17ClN2O2/c1-3-10(16)6-9-7-11(14)13(18-5-4-15)12(8-9)17-2/h7-8,10H,3,5-6,16H2,1-2H3. The minimum atomic E-state index is -0.0656. The topological polar surface area (TPSA) is 68.3 Å². The van der Waals surface area contributed by atoms with E-state index in [2.05, 4.69) is 0 Å². The Morgan fingerprint density at radius 2 is 2.22 bits per heavy atom. The smallest absolute Gasteiger partial charge is 0.181 e. The predicted molar refractivity (Wildman–Crippen MR) is 71.1 cm³/mol. The summed E-state index contributed by atoms with van der Waals surface area (Å²) in [4.78, 5) is 0. The first-order valence-corrected chi connectivity index (χ1v) is 6.11. The highest BCUT2D eigenvalue weighted by Crippen LogP contribution is 2.36. The van der Waals surface area contributed by atoms with E-state index in [0.29, 0.717) is 16.5 Å². The summed E-state index contributed by atoms with van der Waals surface area (Å²) in [5.74, 6) is 0.922. The fraction of sp³-hybridized carbons (Fsp3) is 0.462. The maximum absolute atomic E-state index is 8.51. The van der Waals surface area contributed by atoms with Crippen LogP contribution in [0.1, 0.15) is 18.9 Å². The Labute approximate surface area is 112 Å². The zero-order valence-corrected chi connectivity index (χ0v) is 11.3. The molecule has 0 aliphatic heterocycles. The molecule has 2 N–H and O–H groups in total. The minimum Gasteiger partial charge on any atom is -0.493 e. The molecule has 98 valence electrons. The summed E-state index contributed by atoms with van der Waals surface area (Å²) in [6, 6.07) is 5.63. The van der Waals surface area contributed by atoms with Crippen LogP contribution in [0, 0.1) is 11.3 Å². The Hall–Kier alpha value is -1.44. The molecule has 0 aliphatic carbocycles. The predicted octanol–water partition coefficient (Wildman–Crippen LogP) is 2.53. The van der Waals surface area contributed by atoms with Crippen LogP contribution >= 0.6 is 11.6 Å². The average molecular weight is 269 g/mol. The zero-order valence-electron chi connectivity index (χ0n) is 10.6. The van der Waals surface area contributed by atoms with Gasteiger partial charge in [0.25, 0.3) is 0 Å². The summed E-state index contributed by atoms with van der Waals surface area (Å²) in [5, 5.41) is 8.95. The molecule has 0 bridgehead atoms. The fourth-order valence-electron chi connectivity index (χ4n) is 1.58. The van der Waals surface area contributed by atoms with Gasteiger partial charge >= 0.3 is 0 Å². The highest BCUT2D eigenvalue weighted by Gasteiger charge is 2.13. The van der Waals surface area contributed by atoms with Crippen LogP contribution in [0.4, 0.5) is 0 Å². The summed E-state index contributed by atoms with van der Waals surface area (Å²) in [5.41, 5.74) is 6.90. The molecule has 1 aromatic carbocycles. The Kier molecular flexibility index (Phi) is 5.76. The molecule has 0 spiro atoms. The van der Waals surface area contributed by atoms with Crippen molar-refractivity contribution in [2.75, 3.05) is 13.7 Å². The van der Waals surface area contributed by atoms with Crippen LogP contribution in [-0.4, -0.2) is 19.8 Å². The molecule has 0 amide bonds. The lowest BCUT2D eigenvalue weighted by atomic mass is 10.0. The molecule has 0 fully saturated rings. The first kappa shape index (κ1) is 14.6. The number of rotatable bonds is 6. The van der Waals surface area contributed by atoms with Crippen LogP contribution in [0.2, 0.25) is 5.02 Å². The first-order valence-electron chi connectivity index (χ1n) is 5.74. The van der Waals surface area contributed by atoms with Gasteiger partial charge in [0.15, 0.2) is 18.1 Å². The first-order chi connectivity index (χ1) is 8.62. The van der Waals surface area contributed by atoms with Gasteiger partial charge < -0.3 is 15.2 Å². The van der Waals surface area contributed by atoms with Crippen molar-refractivity contribution in [1.29, 1.82) is 5.26 Å². The van der Waals surface area contributed by atoms with E-state index in [0.717, 1.165) is 18.4 Å². The van der Waals surface area contributed by atoms with E-state index in [1.54, 1.807) is 6.07 Å². The molecule has 4 nitrogen and oxygen atoms in total. The molecular formula is C13H17ClN2O2. The van der Waals surface area contributed by atoms with Gasteiger partial charge in [0.1, 0.15) is 6.07 Å². The molecule has 0 heterocycles. The normalized spacial score (nSPS) is 11.7. The van der Waals surface area contributed by atoms with Crippen LogP contribution in [0.3, 0.4) is 0 Å². The van der Waals surface area contributed by atoms with Crippen LogP contribution in [0.15, 0.2) is 12.1 Å². The fourth-order valence-corrected chi connectivity index (χ4v) is 1.87. The van der Waals surface area contributed by atoms with Crippen LogP contribution < -0.4 is 15.2 Å². The second-order valence-corrected chi connectivity index (χ2v) is 4.34. The summed E-state index contributed by atoms with van der Waals surface area (Å²) in [7, 11) is 1.54. The van der Waals surface area contributed by atoms with Crippen molar-refractivity contribution in [3.8, 4) is 17.6 Å². The molecule has 0 saturated carbocycles. The second kappa shape index (κ2) is 7.10. The molecule has 1 unspecified atom stereocenters. The molecule has 5 heteroatoms. The highest BCUT2D eigenvalue weighted by molar-refractivity contribution is 6.32. The van der Waals surface area contributed by atoms with E-state index in [1.165, 1.54) is 7.11 Å². The molecule has 0 aromatic heterocycles. The Balaban J connectivity index is 2.99. The number of hydrogen-bond acceptors (Lipinski definition) is 4. The number of halogens is 1. The zero-order chi connectivity index (χ0) is 13.5. The van der Waals surface area contributed by atoms with Gasteiger partial charge in [0.2, 0.25) is 0 Å². The number of nitriles is 1. The monoisotopic (exact) mass is 268 g/mol. The summed E-state index contributed by atoms with van der Waals surface area (Å²) in [6.45, 7) is 1.97. The Bertz CT molecular complexity index is 443. The molecule has 0 saturated heterocycles. The maximum atomic E-state index is 8.51. The number of ether oxygens (including phenoxy) is 2. The number of nitrogens with two attached hydrogens (primary N) is 1. The van der Waals surface area contributed by atoms with Crippen molar-refractivity contribution < 1.29 is 9.47 Å². The van der Waals surface area contributed by atoms with Gasteiger partial charge in [-0.3, -0.25) is 0 Å². The largest absolute Gasteiger partial charge is 0.493 e. The van der Waals surface area contributed by atoms with E-state index in [9.17, 15) is 0 Å². The molecule has 1 aromatic rings. The number of nitrogens with zero attached hydrogens (tertiary/aromatic N) is 1. The van der Waals surface area contributed by atoms with Crippen LogP contribution in [0.5, 0.6) is 11.5 Å². The van der Waals surface area contributed by atoms with Crippen LogP contribution in [-0.2, 0) is 6.42 Å². The SMILES string of the molecule is CCC(N)Cc1cc(Cl)c(OCC#N)c(OC)c1. The number of benzene rings is 1. The second-order valence-electron chi connectivity index (χ2n) is 3.93. The van der Waals surface area contributed by atoms with Crippen molar-refractivity contribution in [1.82, 2.24) is 0 Å². The molecule has 18 heavy (non-hydrogen) atoms. The lowest BCUT2D eigenvalue weighted by Gasteiger charge is -2.14. The van der Waals surface area contributed by atoms with Gasteiger partial charge in [0, 0.05) is 6.04 Å². The van der Waals surface area contributed by atoms with E-state index in [4.69, 9.17) is 32.1 Å². The number of methoxy groups -OCH3 is 1. The lowest BCUT2D eigenvalue weighted by Crippen LogP contribution is -2.21. The van der Waals surface area contributed by atoms with Crippen molar-refractivity contribution in [3.63, 3.8) is 0 Å². The highest BCUT2D eigenvalue weighted by atomic mass is 35.5. The van der Waals surface area contributed by atoms with E-state index in [1.807, 2.05) is 19.1 Å². The Morgan fingerprint density at radius 3 is 2.78 bits per heavy atom. The van der Waals surface area contributed by atoms with Crippen molar-refractivity contribution in [2.24, 2.45) is 5.73 Å². The van der Waals surface area contributed by atoms with Gasteiger partial charge in [-0.25, -0.2) is 0 Å². The molecule has 1 atom stereocenters. The average Bonchev–Trinajstić information content (AvgIpc) is 2.36. The summed E-state index contributed by atoms with van der Waals surface area (Å²) >= 11 is 6.12. The van der Waals surface area contributed by atoms with Crippen molar-refractivity contribution >= 4 is 11.6 Å². The Morgan fingerprint density at radius 1 is 1.50 bits per heavy atom. The molecule has 0 radical (unpaired) electrons. The van der Waals surface area contributed by atoms with Gasteiger partial charge in [0.05, 0.1) is 12.1 Å². The summed E-state index contributed by atoms with van der Waals surface area (Å²) in [6.07, 6.45) is 1.62. The third-order valence-corrected chi connectivity index (χ3v) is 2.87. The van der Waals surface area contributed by atoms with E-state index < -0.39 is 0 Å². The van der Waals surface area contributed by atoms with Crippen molar-refractivity contribution in [3.05, 3.63) is 22.7 Å².